The van der Waals surface area contributed by atoms with E-state index in [1.165, 1.54) is 5.56 Å². The summed E-state index contributed by atoms with van der Waals surface area (Å²) in [5, 5.41) is 0. The van der Waals surface area contributed by atoms with E-state index in [0.717, 1.165) is 0 Å². The number of hydrogen-bond donors (Lipinski definition) is 0. The second-order valence-electron chi connectivity index (χ2n) is 3.60. The molecule has 0 heterocycles. The molecule has 0 fully saturated rings. The summed E-state index contributed by atoms with van der Waals surface area (Å²) in [6, 6.07) is 10.3. The van der Waals surface area contributed by atoms with Crippen molar-refractivity contribution in [2.75, 3.05) is 0 Å². The van der Waals surface area contributed by atoms with Crippen LogP contribution >= 0.6 is 0 Å². The van der Waals surface area contributed by atoms with Crippen LogP contribution in [0.4, 0.5) is 0 Å². The lowest BCUT2D eigenvalue weighted by molar-refractivity contribution is 0.543. The average molecular weight is 157 g/mol. The van der Waals surface area contributed by atoms with Gasteiger partial charge in [-0.1, -0.05) is 50.1 Å². The lowest BCUT2D eigenvalue weighted by Crippen LogP contribution is -2.15. The van der Waals surface area contributed by atoms with Crippen LogP contribution in [0, 0.1) is 12.3 Å². The molecule has 0 aliphatic rings. The van der Waals surface area contributed by atoms with Crippen molar-refractivity contribution in [1.82, 2.24) is 0 Å². The predicted molar refractivity (Wildman–Crippen MR) is 51.2 cm³/mol. The van der Waals surface area contributed by atoms with Crippen LogP contribution in [0.3, 0.4) is 0 Å². The van der Waals surface area contributed by atoms with Gasteiger partial charge in [0.25, 0.3) is 0 Å². The second kappa shape index (κ2) is 3.45. The maximum Gasteiger partial charge on any atom is 0.0191 e. The molecule has 1 aromatic rings. The van der Waals surface area contributed by atoms with Gasteiger partial charge in [0.1, 0.15) is 0 Å². The lowest BCUT2D eigenvalue weighted by atomic mass is 9.82. The predicted octanol–water partition coefficient (Wildman–Crippen LogP) is 2.94. The fourth-order valence-corrected chi connectivity index (χ4v) is 1.21. The Bertz CT molecular complexity index is 275. The van der Waals surface area contributed by atoms with Crippen molar-refractivity contribution in [3.05, 3.63) is 42.3 Å². The molecule has 1 rings (SSSR count). The molecular weight excluding hydrogens is 144 g/mol. The first-order valence-electron chi connectivity index (χ1n) is 4.12. The van der Waals surface area contributed by atoms with E-state index in [1.54, 1.807) is 0 Å². The van der Waals surface area contributed by atoms with Crippen molar-refractivity contribution in [1.29, 1.82) is 0 Å². The van der Waals surface area contributed by atoms with Crippen LogP contribution in [0.15, 0.2) is 30.3 Å². The van der Waals surface area contributed by atoms with Crippen molar-refractivity contribution in [3.63, 3.8) is 0 Å². The van der Waals surface area contributed by atoms with Gasteiger partial charge in [0.15, 0.2) is 0 Å². The standard InChI is InChI=1S/C12H13/c1-4-10-12(2,3)11-8-6-5-7-9-11/h5-9H,10H2,2-3H3. The fourth-order valence-electron chi connectivity index (χ4n) is 1.21. The van der Waals surface area contributed by atoms with Gasteiger partial charge < -0.3 is 0 Å². The van der Waals surface area contributed by atoms with E-state index >= 15 is 0 Å². The summed E-state index contributed by atoms with van der Waals surface area (Å²) in [6.45, 7) is 4.26. The first-order chi connectivity index (χ1) is 5.67. The molecule has 0 aliphatic carbocycles. The molecule has 0 unspecified atom stereocenters. The molecule has 0 saturated heterocycles. The molecule has 0 spiro atoms. The maximum atomic E-state index is 6.96. The van der Waals surface area contributed by atoms with Gasteiger partial charge in [-0.3, -0.25) is 0 Å². The minimum Gasteiger partial charge on any atom is -0.0882 e. The normalized spacial score (nSPS) is 10.8. The molecule has 0 N–H and O–H groups in total. The van der Waals surface area contributed by atoms with Crippen LogP contribution < -0.4 is 0 Å². The van der Waals surface area contributed by atoms with E-state index in [1.807, 2.05) is 18.2 Å². The largest absolute Gasteiger partial charge is 0.0882 e. The van der Waals surface area contributed by atoms with E-state index in [0.29, 0.717) is 6.42 Å². The number of hydrogen-bond acceptors (Lipinski definition) is 0. The molecule has 0 amide bonds. The molecule has 0 heteroatoms. The summed E-state index contributed by atoms with van der Waals surface area (Å²) in [5.41, 5.74) is 1.31. The van der Waals surface area contributed by atoms with Crippen LogP contribution in [0.1, 0.15) is 25.8 Å². The van der Waals surface area contributed by atoms with E-state index in [-0.39, 0.29) is 5.41 Å². The molecule has 0 saturated carbocycles. The first-order valence-corrected chi connectivity index (χ1v) is 4.12. The molecule has 0 bridgehead atoms. The Balaban J connectivity index is 2.91. The summed E-state index contributed by atoms with van der Waals surface area (Å²) in [5.74, 6) is 2.46. The highest BCUT2D eigenvalue weighted by atomic mass is 14.2. The highest BCUT2D eigenvalue weighted by molar-refractivity contribution is 5.24. The van der Waals surface area contributed by atoms with E-state index in [9.17, 15) is 0 Å². The maximum absolute atomic E-state index is 6.96. The Hall–Kier alpha value is -1.22. The van der Waals surface area contributed by atoms with Crippen LogP contribution in [0.2, 0.25) is 0 Å². The molecule has 0 aliphatic heterocycles. The highest BCUT2D eigenvalue weighted by Gasteiger charge is 2.18. The minimum atomic E-state index is 0.0447. The number of rotatable bonds is 2. The van der Waals surface area contributed by atoms with Gasteiger partial charge in [-0.05, 0) is 12.0 Å². The van der Waals surface area contributed by atoms with E-state index in [2.05, 4.69) is 31.9 Å². The lowest BCUT2D eigenvalue weighted by Gasteiger charge is -2.21. The zero-order valence-corrected chi connectivity index (χ0v) is 7.59. The first kappa shape index (κ1) is 8.87. The molecule has 1 radical (unpaired) electrons. The molecule has 61 valence electrons. The van der Waals surface area contributed by atoms with Gasteiger partial charge in [0.05, 0.1) is 0 Å². The Morgan fingerprint density at radius 2 is 1.83 bits per heavy atom. The van der Waals surface area contributed by atoms with Crippen LogP contribution in [-0.4, -0.2) is 0 Å². The summed E-state index contributed by atoms with van der Waals surface area (Å²) in [4.78, 5) is 0. The SMILES string of the molecule is [C]#CCC(C)(C)c1ccccc1. The summed E-state index contributed by atoms with van der Waals surface area (Å²) in [7, 11) is 0. The van der Waals surface area contributed by atoms with Gasteiger partial charge in [0, 0.05) is 11.8 Å². The Kier molecular flexibility index (Phi) is 2.55. The summed E-state index contributed by atoms with van der Waals surface area (Å²) < 4.78 is 0. The Labute approximate surface area is 74.6 Å². The van der Waals surface area contributed by atoms with Crippen LogP contribution in [-0.2, 0) is 5.41 Å². The van der Waals surface area contributed by atoms with Gasteiger partial charge >= 0.3 is 0 Å². The monoisotopic (exact) mass is 157 g/mol. The van der Waals surface area contributed by atoms with Crippen LogP contribution in [0.25, 0.3) is 0 Å². The topological polar surface area (TPSA) is 0 Å². The van der Waals surface area contributed by atoms with E-state index in [4.69, 9.17) is 6.42 Å². The van der Waals surface area contributed by atoms with Crippen LogP contribution in [0.5, 0.6) is 0 Å². The van der Waals surface area contributed by atoms with Gasteiger partial charge in [0.2, 0.25) is 0 Å². The molecule has 1 aromatic carbocycles. The second-order valence-corrected chi connectivity index (χ2v) is 3.60. The van der Waals surface area contributed by atoms with Gasteiger partial charge in [-0.2, -0.15) is 0 Å². The van der Waals surface area contributed by atoms with Crippen molar-refractivity contribution in [3.8, 4) is 5.92 Å². The molecular formula is C12H13. The quantitative estimate of drug-likeness (QED) is 0.579. The van der Waals surface area contributed by atoms with Gasteiger partial charge in [-0.25, -0.2) is 0 Å². The zero-order valence-electron chi connectivity index (χ0n) is 7.59. The van der Waals surface area contributed by atoms with Crippen molar-refractivity contribution >= 4 is 0 Å². The van der Waals surface area contributed by atoms with Crippen molar-refractivity contribution in [2.45, 2.75) is 25.7 Å². The third kappa shape index (κ3) is 1.89. The molecule has 0 nitrogen and oxygen atoms in total. The van der Waals surface area contributed by atoms with Crippen molar-refractivity contribution in [2.24, 2.45) is 0 Å². The number of benzene rings is 1. The smallest absolute Gasteiger partial charge is 0.0191 e. The Morgan fingerprint density at radius 3 is 2.33 bits per heavy atom. The highest BCUT2D eigenvalue weighted by Crippen LogP contribution is 2.25. The summed E-state index contributed by atoms with van der Waals surface area (Å²) in [6.07, 6.45) is 7.64. The fraction of sp³-hybridized carbons (Fsp3) is 0.333. The minimum absolute atomic E-state index is 0.0447. The van der Waals surface area contributed by atoms with Gasteiger partial charge in [-0.15, -0.1) is 0 Å². The molecule has 0 atom stereocenters. The third-order valence-corrected chi connectivity index (χ3v) is 2.09. The zero-order chi connectivity index (χ0) is 9.03. The third-order valence-electron chi connectivity index (χ3n) is 2.09. The molecule has 0 aromatic heterocycles. The molecule has 12 heavy (non-hydrogen) atoms. The Morgan fingerprint density at radius 1 is 1.25 bits per heavy atom. The summed E-state index contributed by atoms with van der Waals surface area (Å²) >= 11 is 0. The van der Waals surface area contributed by atoms with Crippen molar-refractivity contribution < 1.29 is 0 Å². The van der Waals surface area contributed by atoms with E-state index < -0.39 is 0 Å². The average Bonchev–Trinajstić information content (AvgIpc) is 2.06.